The predicted octanol–water partition coefficient (Wildman–Crippen LogP) is 1.59. The number of hydrogen-bond donors (Lipinski definition) is 5. The first-order valence-electron chi connectivity index (χ1n) is 12.6. The van der Waals surface area contributed by atoms with E-state index < -0.39 is 56.5 Å². The number of hydrogen-bond acceptors (Lipinski definition) is 13. The Morgan fingerprint density at radius 3 is 2.62 bits per heavy atom. The van der Waals surface area contributed by atoms with Gasteiger partial charge in [0.2, 0.25) is 5.95 Å². The van der Waals surface area contributed by atoms with Crippen molar-refractivity contribution in [3.8, 4) is 5.75 Å². The zero-order chi connectivity index (χ0) is 29.2. The summed E-state index contributed by atoms with van der Waals surface area (Å²) in [7, 11) is -2.59. The van der Waals surface area contributed by atoms with Crippen LogP contribution in [-0.4, -0.2) is 79.3 Å². The third-order valence-corrected chi connectivity index (χ3v) is 7.76. The van der Waals surface area contributed by atoms with Gasteiger partial charge in [-0.05, 0) is 39.8 Å². The van der Waals surface area contributed by atoms with E-state index in [4.69, 9.17) is 24.3 Å². The lowest BCUT2D eigenvalue weighted by molar-refractivity contribution is -0.149. The molecule has 3 aromatic rings. The number of ether oxygens (including phenoxy) is 2. The maximum absolute atomic E-state index is 13.8. The molecule has 1 saturated heterocycles. The second-order valence-electron chi connectivity index (χ2n) is 9.74. The number of rotatable bonds is 11. The minimum atomic E-state index is -4.24. The maximum Gasteiger partial charge on any atom is 0.459 e. The number of carbonyl (C=O) groups excluding carboxylic acids is 1. The van der Waals surface area contributed by atoms with Crippen molar-refractivity contribution in [2.75, 3.05) is 24.7 Å². The SMILES string of the molecule is CNc1nc(N)nc2c1ncn2[C@@H]1O[C@H](COP(=O)(N[C@@H](C)C(=O)OC(C)C)Oc2ccccc2)[C@@H](O)[C@@]1(C)O. The first kappa shape index (κ1) is 29.6. The van der Waals surface area contributed by atoms with Gasteiger partial charge in [-0.3, -0.25) is 13.9 Å². The van der Waals surface area contributed by atoms with Gasteiger partial charge in [-0.25, -0.2) is 9.55 Å². The van der Waals surface area contributed by atoms with E-state index in [2.05, 4.69) is 25.4 Å². The number of aliphatic hydroxyl groups is 2. The summed E-state index contributed by atoms with van der Waals surface area (Å²) in [6.45, 7) is 5.72. The number of carbonyl (C=O) groups is 1. The molecule has 0 radical (unpaired) electrons. The van der Waals surface area contributed by atoms with Gasteiger partial charge in [-0.15, -0.1) is 0 Å². The van der Waals surface area contributed by atoms with Crippen molar-refractivity contribution in [2.45, 2.75) is 63.9 Å². The van der Waals surface area contributed by atoms with E-state index in [0.717, 1.165) is 0 Å². The lowest BCUT2D eigenvalue weighted by atomic mass is 9.96. The molecule has 3 heterocycles. The summed E-state index contributed by atoms with van der Waals surface area (Å²) in [5.74, 6) is -0.116. The summed E-state index contributed by atoms with van der Waals surface area (Å²) < 4.78 is 37.7. The summed E-state index contributed by atoms with van der Waals surface area (Å²) in [5, 5.41) is 27.7. The van der Waals surface area contributed by atoms with Crippen molar-refractivity contribution in [3.05, 3.63) is 36.7 Å². The third kappa shape index (κ3) is 6.19. The van der Waals surface area contributed by atoms with Crippen LogP contribution >= 0.6 is 7.75 Å². The maximum atomic E-state index is 13.8. The van der Waals surface area contributed by atoms with E-state index in [0.29, 0.717) is 11.3 Å². The minimum Gasteiger partial charge on any atom is -0.462 e. The van der Waals surface area contributed by atoms with Crippen LogP contribution in [0.1, 0.15) is 33.9 Å². The molecule has 1 aliphatic heterocycles. The molecule has 1 aliphatic rings. The van der Waals surface area contributed by atoms with E-state index in [1.165, 1.54) is 24.7 Å². The number of nitrogens with zero attached hydrogens (tertiary/aromatic N) is 4. The van der Waals surface area contributed by atoms with Crippen molar-refractivity contribution in [3.63, 3.8) is 0 Å². The minimum absolute atomic E-state index is 0.0353. The Labute approximate surface area is 230 Å². The van der Waals surface area contributed by atoms with Gasteiger partial charge in [0, 0.05) is 7.05 Å². The standard InChI is InChI=1S/C24H34N7O8P/c1-13(2)37-21(33)14(3)30-40(35,39-15-9-7-6-8-10-15)36-11-16-18(32)24(4,34)22(38-16)31-12-27-17-19(26-5)28-23(25)29-20(17)31/h6-10,12-14,16,18,22,32,34H,11H2,1-5H3,(H,30,35)(H3,25,26,28,29)/t14-,16+,18+,22+,24+,40?/m0/s1. The van der Waals surface area contributed by atoms with E-state index in [9.17, 15) is 19.6 Å². The number of aliphatic hydroxyl groups excluding tert-OH is 1. The highest BCUT2D eigenvalue weighted by molar-refractivity contribution is 7.52. The van der Waals surface area contributed by atoms with Gasteiger partial charge in [-0.1, -0.05) is 18.2 Å². The molecule has 1 fully saturated rings. The van der Waals surface area contributed by atoms with Gasteiger partial charge in [-0.2, -0.15) is 15.1 Å². The number of fused-ring (bicyclic) bond motifs is 1. The Kier molecular flexibility index (Phi) is 8.63. The first-order valence-corrected chi connectivity index (χ1v) is 14.1. The zero-order valence-electron chi connectivity index (χ0n) is 22.7. The Morgan fingerprint density at radius 2 is 1.98 bits per heavy atom. The van der Waals surface area contributed by atoms with Crippen LogP contribution in [0, 0.1) is 0 Å². The summed E-state index contributed by atoms with van der Waals surface area (Å²) in [6.07, 6.45) is -2.86. The highest BCUT2D eigenvalue weighted by Gasteiger charge is 2.54. The molecule has 0 bridgehead atoms. The van der Waals surface area contributed by atoms with Crippen LogP contribution in [-0.2, 0) is 23.4 Å². The normalized spacial score (nSPS) is 25.1. The number of imidazole rings is 1. The number of esters is 1. The van der Waals surface area contributed by atoms with Crippen molar-refractivity contribution >= 4 is 36.6 Å². The van der Waals surface area contributed by atoms with E-state index in [1.54, 1.807) is 51.2 Å². The topological polar surface area (TPSA) is 205 Å². The van der Waals surface area contributed by atoms with E-state index in [1.807, 2.05) is 0 Å². The molecule has 40 heavy (non-hydrogen) atoms. The summed E-state index contributed by atoms with van der Waals surface area (Å²) in [5.41, 5.74) is 4.61. The second-order valence-corrected chi connectivity index (χ2v) is 11.4. The van der Waals surface area contributed by atoms with Crippen LogP contribution in [0.25, 0.3) is 11.2 Å². The lowest BCUT2D eigenvalue weighted by Gasteiger charge is -2.27. The molecule has 4 rings (SSSR count). The van der Waals surface area contributed by atoms with Gasteiger partial charge in [0.15, 0.2) is 23.2 Å². The quantitative estimate of drug-likeness (QED) is 0.162. The van der Waals surface area contributed by atoms with Gasteiger partial charge in [0.1, 0.15) is 29.6 Å². The van der Waals surface area contributed by atoms with Gasteiger partial charge in [0.05, 0.1) is 19.0 Å². The summed E-state index contributed by atoms with van der Waals surface area (Å²) in [4.78, 5) is 25.0. The fourth-order valence-electron chi connectivity index (χ4n) is 4.16. The van der Waals surface area contributed by atoms with Crippen molar-refractivity contribution in [1.82, 2.24) is 24.6 Å². The Morgan fingerprint density at radius 1 is 1.27 bits per heavy atom. The molecule has 1 unspecified atom stereocenters. The molecule has 16 heteroatoms. The lowest BCUT2D eigenvalue weighted by Crippen LogP contribution is -2.44. The van der Waals surface area contributed by atoms with Crippen LogP contribution in [0.15, 0.2) is 36.7 Å². The summed E-state index contributed by atoms with van der Waals surface area (Å²) in [6, 6.07) is 7.16. The molecular formula is C24H34N7O8P. The molecule has 0 spiro atoms. The number of nitrogens with one attached hydrogen (secondary N) is 2. The van der Waals surface area contributed by atoms with Crippen molar-refractivity contribution in [1.29, 1.82) is 0 Å². The molecule has 1 aromatic carbocycles. The van der Waals surface area contributed by atoms with Crippen molar-refractivity contribution < 1.29 is 38.1 Å². The molecule has 6 N–H and O–H groups in total. The van der Waals surface area contributed by atoms with E-state index in [-0.39, 0.29) is 17.3 Å². The van der Waals surface area contributed by atoms with Crippen LogP contribution in [0.4, 0.5) is 11.8 Å². The van der Waals surface area contributed by atoms with Gasteiger partial charge >= 0.3 is 13.7 Å². The molecule has 6 atom stereocenters. The van der Waals surface area contributed by atoms with Crippen LogP contribution < -0.4 is 20.7 Å². The third-order valence-electron chi connectivity index (χ3n) is 6.12. The molecule has 0 amide bonds. The smallest absolute Gasteiger partial charge is 0.459 e. The molecule has 2 aromatic heterocycles. The van der Waals surface area contributed by atoms with Crippen molar-refractivity contribution in [2.24, 2.45) is 0 Å². The molecule has 218 valence electrons. The molecular weight excluding hydrogens is 545 g/mol. The number of anilines is 2. The Bertz CT molecular complexity index is 1390. The van der Waals surface area contributed by atoms with Crippen LogP contribution in [0.2, 0.25) is 0 Å². The van der Waals surface area contributed by atoms with Crippen LogP contribution in [0.3, 0.4) is 0 Å². The van der Waals surface area contributed by atoms with Gasteiger partial charge in [0.25, 0.3) is 0 Å². The largest absolute Gasteiger partial charge is 0.462 e. The Balaban J connectivity index is 1.56. The molecule has 15 nitrogen and oxygen atoms in total. The average molecular weight is 580 g/mol. The molecule has 0 aliphatic carbocycles. The number of para-hydroxylation sites is 1. The Hall–Kier alpha value is -3.33. The first-order chi connectivity index (χ1) is 18.8. The summed E-state index contributed by atoms with van der Waals surface area (Å²) >= 11 is 0. The average Bonchev–Trinajstić information content (AvgIpc) is 3.40. The fourth-order valence-corrected chi connectivity index (χ4v) is 5.67. The van der Waals surface area contributed by atoms with E-state index >= 15 is 0 Å². The highest BCUT2D eigenvalue weighted by Crippen LogP contribution is 2.47. The fraction of sp³-hybridized carbons (Fsp3) is 0.500. The number of benzene rings is 1. The highest BCUT2D eigenvalue weighted by atomic mass is 31.2. The van der Waals surface area contributed by atoms with Crippen LogP contribution in [0.5, 0.6) is 5.75 Å². The number of nitrogen functional groups attached to an aromatic ring is 1. The number of aromatic nitrogens is 4. The molecule has 0 saturated carbocycles. The zero-order valence-corrected chi connectivity index (χ0v) is 23.6. The predicted molar refractivity (Wildman–Crippen MR) is 144 cm³/mol. The second kappa shape index (κ2) is 11.6. The number of nitrogens with two attached hydrogens (primary N) is 1. The monoisotopic (exact) mass is 579 g/mol. The van der Waals surface area contributed by atoms with Gasteiger partial charge < -0.3 is 35.3 Å².